The molecule has 0 atom stereocenters. The van der Waals surface area contributed by atoms with Crippen LogP contribution in [0.25, 0.3) is 0 Å². The number of rotatable bonds is 7. The molecule has 0 unspecified atom stereocenters. The van der Waals surface area contributed by atoms with Crippen LogP contribution in [0.5, 0.6) is 5.75 Å². The van der Waals surface area contributed by atoms with Crippen LogP contribution in [0.3, 0.4) is 0 Å². The Bertz CT molecular complexity index is 758. The molecule has 1 aliphatic heterocycles. The minimum absolute atomic E-state index is 0.00118. The summed E-state index contributed by atoms with van der Waals surface area (Å²) in [5.41, 5.74) is 2.99. The van der Waals surface area contributed by atoms with Crippen molar-refractivity contribution in [1.29, 1.82) is 0 Å². The van der Waals surface area contributed by atoms with Gasteiger partial charge in [-0.1, -0.05) is 37.2 Å². The van der Waals surface area contributed by atoms with Gasteiger partial charge in [-0.15, -0.1) is 0 Å². The lowest BCUT2D eigenvalue weighted by Gasteiger charge is -2.27. The number of fused-ring (bicyclic) bond motifs is 1. The van der Waals surface area contributed by atoms with Crippen LogP contribution in [0.4, 0.5) is 0 Å². The zero-order chi connectivity index (χ0) is 17.6. The second-order valence-corrected chi connectivity index (χ2v) is 7.10. The molecule has 0 bridgehead atoms. The maximum absolute atomic E-state index is 12.3. The second kappa shape index (κ2) is 8.54. The second-order valence-electron chi connectivity index (χ2n) is 6.31. The predicted octanol–water partition coefficient (Wildman–Crippen LogP) is 3.23. The van der Waals surface area contributed by atoms with Gasteiger partial charge in [-0.25, -0.2) is 4.98 Å². The van der Waals surface area contributed by atoms with Crippen LogP contribution in [0.2, 0.25) is 0 Å². The summed E-state index contributed by atoms with van der Waals surface area (Å²) in [6.07, 6.45) is 4.97. The standard InChI is InChI=1S/C19H25N3O2S/c1-3-4-11-24-15-7-5-14(6-8-15)12-22-10-9-17-16(13-22)18(23)21-19(20-17)25-2/h5-8H,3-4,9-13H2,1-2H3,(H,20,21,23). The number of H-pyrrole nitrogens is 1. The Morgan fingerprint density at radius 2 is 2.12 bits per heavy atom. The Morgan fingerprint density at radius 3 is 2.84 bits per heavy atom. The van der Waals surface area contributed by atoms with Crippen LogP contribution in [0.1, 0.15) is 36.6 Å². The van der Waals surface area contributed by atoms with E-state index in [4.69, 9.17) is 4.74 Å². The zero-order valence-corrected chi connectivity index (χ0v) is 15.7. The van der Waals surface area contributed by atoms with Crippen LogP contribution >= 0.6 is 11.8 Å². The molecular formula is C19H25N3O2S. The number of aromatic nitrogens is 2. The number of aromatic amines is 1. The highest BCUT2D eigenvalue weighted by Crippen LogP contribution is 2.19. The van der Waals surface area contributed by atoms with Gasteiger partial charge in [0, 0.05) is 26.1 Å². The van der Waals surface area contributed by atoms with Crippen molar-refractivity contribution in [3.05, 3.63) is 51.4 Å². The lowest BCUT2D eigenvalue weighted by Crippen LogP contribution is -2.35. The summed E-state index contributed by atoms with van der Waals surface area (Å²) in [6, 6.07) is 8.27. The van der Waals surface area contributed by atoms with Crippen LogP contribution < -0.4 is 10.3 Å². The minimum Gasteiger partial charge on any atom is -0.494 e. The third-order valence-electron chi connectivity index (χ3n) is 4.42. The molecule has 0 amide bonds. The highest BCUT2D eigenvalue weighted by Gasteiger charge is 2.21. The summed E-state index contributed by atoms with van der Waals surface area (Å²) in [7, 11) is 0. The van der Waals surface area contributed by atoms with Crippen molar-refractivity contribution in [2.24, 2.45) is 0 Å². The fraction of sp³-hybridized carbons (Fsp3) is 0.474. The van der Waals surface area contributed by atoms with Gasteiger partial charge in [-0.2, -0.15) is 0 Å². The van der Waals surface area contributed by atoms with Crippen LogP contribution in [-0.4, -0.2) is 34.3 Å². The highest BCUT2D eigenvalue weighted by atomic mass is 32.2. The topological polar surface area (TPSA) is 58.2 Å². The molecule has 0 saturated carbocycles. The van der Waals surface area contributed by atoms with Gasteiger partial charge in [-0.3, -0.25) is 9.69 Å². The molecule has 0 radical (unpaired) electrons. The van der Waals surface area contributed by atoms with Crippen LogP contribution in [-0.2, 0) is 19.5 Å². The summed E-state index contributed by atoms with van der Waals surface area (Å²) >= 11 is 1.48. The summed E-state index contributed by atoms with van der Waals surface area (Å²) < 4.78 is 5.71. The van der Waals surface area contributed by atoms with Crippen molar-refractivity contribution < 1.29 is 4.74 Å². The predicted molar refractivity (Wildman–Crippen MR) is 101 cm³/mol. The molecule has 134 valence electrons. The van der Waals surface area contributed by atoms with E-state index in [9.17, 15) is 4.79 Å². The molecule has 0 fully saturated rings. The zero-order valence-electron chi connectivity index (χ0n) is 14.9. The molecule has 6 heteroatoms. The molecule has 0 spiro atoms. The number of hydrogen-bond acceptors (Lipinski definition) is 5. The molecule has 2 aromatic rings. The molecule has 3 rings (SSSR count). The average Bonchev–Trinajstić information content (AvgIpc) is 2.63. The van der Waals surface area contributed by atoms with E-state index in [0.29, 0.717) is 11.7 Å². The summed E-state index contributed by atoms with van der Waals surface area (Å²) in [5.74, 6) is 0.923. The Labute approximate surface area is 152 Å². The summed E-state index contributed by atoms with van der Waals surface area (Å²) in [6.45, 7) is 5.34. The van der Waals surface area contributed by atoms with E-state index in [1.54, 1.807) is 0 Å². The van der Waals surface area contributed by atoms with E-state index < -0.39 is 0 Å². The number of benzene rings is 1. The van der Waals surface area contributed by atoms with Gasteiger partial charge < -0.3 is 9.72 Å². The van der Waals surface area contributed by atoms with Gasteiger partial charge in [0.05, 0.1) is 17.9 Å². The number of unbranched alkanes of at least 4 members (excludes halogenated alkanes) is 1. The summed E-state index contributed by atoms with van der Waals surface area (Å²) in [4.78, 5) is 22.0. The van der Waals surface area contributed by atoms with Gasteiger partial charge in [-0.05, 0) is 30.4 Å². The van der Waals surface area contributed by atoms with Crippen molar-refractivity contribution in [2.75, 3.05) is 19.4 Å². The maximum atomic E-state index is 12.3. The van der Waals surface area contributed by atoms with E-state index in [2.05, 4.69) is 33.9 Å². The van der Waals surface area contributed by atoms with Crippen LogP contribution in [0.15, 0.2) is 34.2 Å². The van der Waals surface area contributed by atoms with Crippen molar-refractivity contribution in [1.82, 2.24) is 14.9 Å². The molecule has 1 aromatic heterocycles. The Morgan fingerprint density at radius 1 is 1.32 bits per heavy atom. The third kappa shape index (κ3) is 4.64. The first-order valence-electron chi connectivity index (χ1n) is 8.79. The molecule has 0 aliphatic carbocycles. The molecule has 0 saturated heterocycles. The third-order valence-corrected chi connectivity index (χ3v) is 5.00. The van der Waals surface area contributed by atoms with Crippen molar-refractivity contribution >= 4 is 11.8 Å². The summed E-state index contributed by atoms with van der Waals surface area (Å²) in [5, 5.41) is 0.705. The van der Waals surface area contributed by atoms with Gasteiger partial charge in [0.2, 0.25) is 0 Å². The number of nitrogens with zero attached hydrogens (tertiary/aromatic N) is 2. The molecule has 5 nitrogen and oxygen atoms in total. The average molecular weight is 359 g/mol. The molecule has 1 aliphatic rings. The number of hydrogen-bond donors (Lipinski definition) is 1. The fourth-order valence-corrected chi connectivity index (χ4v) is 3.37. The largest absolute Gasteiger partial charge is 0.494 e. The smallest absolute Gasteiger partial charge is 0.256 e. The van der Waals surface area contributed by atoms with E-state index in [1.807, 2.05) is 18.4 Å². The Balaban J connectivity index is 1.62. The fourth-order valence-electron chi connectivity index (χ4n) is 2.97. The molecular weight excluding hydrogens is 334 g/mol. The quantitative estimate of drug-likeness (QED) is 0.467. The van der Waals surface area contributed by atoms with E-state index in [1.165, 1.54) is 17.3 Å². The first-order valence-corrected chi connectivity index (χ1v) is 10.0. The lowest BCUT2D eigenvalue weighted by molar-refractivity contribution is 0.240. The van der Waals surface area contributed by atoms with Crippen molar-refractivity contribution in [2.45, 2.75) is 44.4 Å². The van der Waals surface area contributed by atoms with Gasteiger partial charge >= 0.3 is 0 Å². The van der Waals surface area contributed by atoms with E-state index in [-0.39, 0.29) is 5.56 Å². The molecule has 1 aromatic carbocycles. The SMILES string of the molecule is CCCCOc1ccc(CN2CCc3nc(SC)[nH]c(=O)c3C2)cc1. The number of nitrogens with one attached hydrogen (secondary N) is 1. The van der Waals surface area contributed by atoms with Gasteiger partial charge in [0.1, 0.15) is 5.75 Å². The van der Waals surface area contributed by atoms with E-state index >= 15 is 0 Å². The Kier molecular flexibility index (Phi) is 6.15. The van der Waals surface area contributed by atoms with Gasteiger partial charge in [0.25, 0.3) is 5.56 Å². The normalized spacial score (nSPS) is 14.3. The number of ether oxygens (including phenoxy) is 1. The lowest BCUT2D eigenvalue weighted by atomic mass is 10.1. The monoisotopic (exact) mass is 359 g/mol. The minimum atomic E-state index is -0.00118. The van der Waals surface area contributed by atoms with Crippen molar-refractivity contribution in [3.8, 4) is 5.75 Å². The first-order chi connectivity index (χ1) is 12.2. The molecule has 25 heavy (non-hydrogen) atoms. The first kappa shape index (κ1) is 18.0. The number of thioether (sulfide) groups is 1. The molecule has 2 heterocycles. The van der Waals surface area contributed by atoms with Gasteiger partial charge in [0.15, 0.2) is 5.16 Å². The maximum Gasteiger partial charge on any atom is 0.256 e. The van der Waals surface area contributed by atoms with Crippen LogP contribution in [0, 0.1) is 0 Å². The van der Waals surface area contributed by atoms with Crippen molar-refractivity contribution in [3.63, 3.8) is 0 Å². The Hall–Kier alpha value is -1.79. The van der Waals surface area contributed by atoms with E-state index in [0.717, 1.165) is 56.0 Å². The highest BCUT2D eigenvalue weighted by molar-refractivity contribution is 7.98. The molecule has 1 N–H and O–H groups in total.